The number of fused-ring (bicyclic) bond motifs is 7. The Morgan fingerprint density at radius 2 is 0.868 bits per heavy atom. The van der Waals surface area contributed by atoms with Gasteiger partial charge < -0.3 is 4.57 Å². The van der Waals surface area contributed by atoms with Gasteiger partial charge in [0.1, 0.15) is 0 Å². The zero-order chi connectivity index (χ0) is 45.0. The van der Waals surface area contributed by atoms with Crippen molar-refractivity contribution in [2.24, 2.45) is 0 Å². The van der Waals surface area contributed by atoms with Gasteiger partial charge in [0.25, 0.3) is 0 Å². The molecule has 0 radical (unpaired) electrons. The van der Waals surface area contributed by atoms with Gasteiger partial charge in [-0.1, -0.05) is 182 Å². The monoisotopic (exact) mass is 885 g/mol. The number of rotatable bonds is 8. The second-order valence-corrected chi connectivity index (χ2v) is 18.0. The first kappa shape index (κ1) is 39.5. The van der Waals surface area contributed by atoms with Gasteiger partial charge in [0.05, 0.1) is 21.4 Å². The Labute approximate surface area is 397 Å². The molecule has 0 saturated carbocycles. The molecule has 4 aromatic heterocycles. The predicted octanol–water partition coefficient (Wildman–Crippen LogP) is 16.4. The molecule has 0 saturated heterocycles. The van der Waals surface area contributed by atoms with Crippen LogP contribution in [0.1, 0.15) is 0 Å². The number of thiophene rings is 1. The van der Waals surface area contributed by atoms with E-state index in [1.54, 1.807) is 0 Å². The molecule has 5 nitrogen and oxygen atoms in total. The maximum Gasteiger partial charge on any atom is 0.166 e. The third-order valence-corrected chi connectivity index (χ3v) is 14.1. The van der Waals surface area contributed by atoms with E-state index in [4.69, 9.17) is 19.9 Å². The molecule has 4 heterocycles. The fraction of sp³-hybridized carbons (Fsp3) is 0. The molecule has 0 fully saturated rings. The van der Waals surface area contributed by atoms with Crippen molar-refractivity contribution in [3.8, 4) is 84.5 Å². The largest absolute Gasteiger partial charge is 0.308 e. The average Bonchev–Trinajstić information content (AvgIpc) is 3.98. The van der Waals surface area contributed by atoms with Crippen molar-refractivity contribution < 1.29 is 0 Å². The molecular weight excluding hydrogens is 847 g/mol. The molecule has 0 N–H and O–H groups in total. The predicted molar refractivity (Wildman–Crippen MR) is 283 cm³/mol. The Hall–Kier alpha value is -8.84. The number of para-hydroxylation sites is 2. The molecule has 6 heteroatoms. The first-order valence-corrected chi connectivity index (χ1v) is 23.6. The summed E-state index contributed by atoms with van der Waals surface area (Å²) in [6.45, 7) is 0. The summed E-state index contributed by atoms with van der Waals surface area (Å²) in [7, 11) is 0. The van der Waals surface area contributed by atoms with Crippen molar-refractivity contribution in [3.63, 3.8) is 0 Å². The summed E-state index contributed by atoms with van der Waals surface area (Å²) >= 11 is 1.83. The fourth-order valence-electron chi connectivity index (χ4n) is 9.70. The highest BCUT2D eigenvalue weighted by Crippen LogP contribution is 2.47. The normalized spacial score (nSPS) is 11.5. The maximum absolute atomic E-state index is 5.51. The summed E-state index contributed by atoms with van der Waals surface area (Å²) in [5.74, 6) is 1.74. The van der Waals surface area contributed by atoms with E-state index in [0.29, 0.717) is 17.5 Å². The minimum atomic E-state index is 0.549. The zero-order valence-corrected chi connectivity index (χ0v) is 37.5. The van der Waals surface area contributed by atoms with Gasteiger partial charge >= 0.3 is 0 Å². The van der Waals surface area contributed by atoms with Gasteiger partial charge in [-0.3, -0.25) is 4.98 Å². The van der Waals surface area contributed by atoms with E-state index >= 15 is 0 Å². The van der Waals surface area contributed by atoms with Crippen LogP contribution in [0.4, 0.5) is 0 Å². The van der Waals surface area contributed by atoms with E-state index < -0.39 is 0 Å². The van der Waals surface area contributed by atoms with Crippen LogP contribution in [-0.4, -0.2) is 24.5 Å². The van der Waals surface area contributed by atoms with Gasteiger partial charge in [0, 0.05) is 65.9 Å². The van der Waals surface area contributed by atoms with E-state index in [2.05, 4.69) is 199 Å². The first-order chi connectivity index (χ1) is 33.7. The number of hydrogen-bond donors (Lipinski definition) is 0. The number of hydrogen-bond acceptors (Lipinski definition) is 5. The molecule has 0 atom stereocenters. The molecule has 0 aliphatic rings. The molecule has 0 spiro atoms. The summed E-state index contributed by atoms with van der Waals surface area (Å²) < 4.78 is 4.84. The standard InChI is InChI=1S/C62H39N5S/c1-6-19-40(20-7-1)44-35-45(41-21-8-2-9-22-41)37-46(36-44)47-38-53(62-65-60(42-23-10-3-11-24-42)64-61(66-62)43-25-12-4-13-26-43)57(63-39-47)51-30-18-32-55-56(51)52-34-33-50-49-29-16-17-31-54(49)67(58(50)59(52)68-55)48-27-14-5-15-28-48/h1-39H. The second-order valence-electron chi connectivity index (χ2n) is 17.0. The molecule has 9 aromatic carbocycles. The Morgan fingerprint density at radius 3 is 1.49 bits per heavy atom. The van der Waals surface area contributed by atoms with Crippen molar-refractivity contribution >= 4 is 53.3 Å². The van der Waals surface area contributed by atoms with Crippen LogP contribution in [0.15, 0.2) is 237 Å². The third kappa shape index (κ3) is 6.86. The molecule has 13 aromatic rings. The van der Waals surface area contributed by atoms with Crippen LogP contribution in [0.5, 0.6) is 0 Å². The van der Waals surface area contributed by atoms with E-state index in [9.17, 15) is 0 Å². The minimum Gasteiger partial charge on any atom is -0.308 e. The lowest BCUT2D eigenvalue weighted by Crippen LogP contribution is -2.02. The highest BCUT2D eigenvalue weighted by molar-refractivity contribution is 7.26. The number of pyridine rings is 1. The number of nitrogens with zero attached hydrogens (tertiary/aromatic N) is 5. The van der Waals surface area contributed by atoms with E-state index in [1.807, 2.05) is 53.9 Å². The van der Waals surface area contributed by atoms with Crippen LogP contribution in [0.2, 0.25) is 0 Å². The molecule has 0 aliphatic carbocycles. The molecule has 0 aliphatic heterocycles. The van der Waals surface area contributed by atoms with Gasteiger partial charge in [-0.15, -0.1) is 11.3 Å². The van der Waals surface area contributed by atoms with E-state index in [0.717, 1.165) is 72.4 Å². The van der Waals surface area contributed by atoms with Crippen LogP contribution in [0.3, 0.4) is 0 Å². The third-order valence-electron chi connectivity index (χ3n) is 12.9. The molecule has 0 amide bonds. The van der Waals surface area contributed by atoms with Crippen molar-refractivity contribution in [1.82, 2.24) is 24.5 Å². The molecule has 0 bridgehead atoms. The number of benzene rings is 9. The molecule has 318 valence electrons. The minimum absolute atomic E-state index is 0.549. The molecule has 0 unspecified atom stereocenters. The maximum atomic E-state index is 5.51. The lowest BCUT2D eigenvalue weighted by atomic mass is 9.92. The number of aromatic nitrogens is 5. The van der Waals surface area contributed by atoms with E-state index in [-0.39, 0.29) is 0 Å². The smallest absolute Gasteiger partial charge is 0.166 e. The van der Waals surface area contributed by atoms with Gasteiger partial charge in [0.15, 0.2) is 17.5 Å². The topological polar surface area (TPSA) is 56.5 Å². The lowest BCUT2D eigenvalue weighted by Gasteiger charge is -2.15. The Kier molecular flexibility index (Phi) is 9.62. The quantitative estimate of drug-likeness (QED) is 0.153. The van der Waals surface area contributed by atoms with Crippen molar-refractivity contribution in [2.45, 2.75) is 0 Å². The zero-order valence-electron chi connectivity index (χ0n) is 36.7. The van der Waals surface area contributed by atoms with Crippen LogP contribution < -0.4 is 0 Å². The molecule has 13 rings (SSSR count). The fourth-order valence-corrected chi connectivity index (χ4v) is 11.0. The van der Waals surface area contributed by atoms with Gasteiger partial charge in [-0.2, -0.15) is 0 Å². The summed E-state index contributed by atoms with van der Waals surface area (Å²) in [4.78, 5) is 21.3. The van der Waals surface area contributed by atoms with Crippen molar-refractivity contribution in [3.05, 3.63) is 237 Å². The van der Waals surface area contributed by atoms with E-state index in [1.165, 1.54) is 36.6 Å². The van der Waals surface area contributed by atoms with Gasteiger partial charge in [0.2, 0.25) is 0 Å². The Bertz CT molecular complexity index is 3880. The lowest BCUT2D eigenvalue weighted by molar-refractivity contribution is 1.07. The first-order valence-electron chi connectivity index (χ1n) is 22.8. The SMILES string of the molecule is c1ccc(-c2cc(-c3ccccc3)cc(-c3cnc(-c4cccc5sc6c(ccc7c8ccccc8n(-c8ccccc8)c76)c45)c(-c4nc(-c5ccccc5)nc(-c5ccccc5)n4)c3)c2)cc1. The van der Waals surface area contributed by atoms with Crippen LogP contribution in [-0.2, 0) is 0 Å². The highest BCUT2D eigenvalue weighted by Gasteiger charge is 2.23. The highest BCUT2D eigenvalue weighted by atomic mass is 32.1. The summed E-state index contributed by atoms with van der Waals surface area (Å²) in [6.07, 6.45) is 2.02. The van der Waals surface area contributed by atoms with Crippen molar-refractivity contribution in [1.29, 1.82) is 0 Å². The Morgan fingerprint density at radius 1 is 0.353 bits per heavy atom. The van der Waals surface area contributed by atoms with Crippen LogP contribution in [0.25, 0.3) is 126 Å². The van der Waals surface area contributed by atoms with Gasteiger partial charge in [-0.25, -0.2) is 15.0 Å². The summed E-state index contributed by atoms with van der Waals surface area (Å²) in [5.41, 5.74) is 14.5. The van der Waals surface area contributed by atoms with Gasteiger partial charge in [-0.05, 0) is 76.3 Å². The summed E-state index contributed by atoms with van der Waals surface area (Å²) in [6, 6.07) is 81.2. The summed E-state index contributed by atoms with van der Waals surface area (Å²) in [5, 5.41) is 4.79. The average molecular weight is 886 g/mol. The molecule has 68 heavy (non-hydrogen) atoms. The molecular formula is C62H39N5S. The van der Waals surface area contributed by atoms with Crippen LogP contribution >= 0.6 is 11.3 Å². The van der Waals surface area contributed by atoms with Crippen LogP contribution in [0, 0.1) is 0 Å². The second kappa shape index (κ2) is 16.5. The van der Waals surface area contributed by atoms with Crippen molar-refractivity contribution in [2.75, 3.05) is 0 Å². The Balaban J connectivity index is 1.09.